The van der Waals surface area contributed by atoms with E-state index in [0.29, 0.717) is 6.04 Å². The minimum absolute atomic E-state index is 0.420. The number of ether oxygens (including phenoxy) is 1. The van der Waals surface area contributed by atoms with E-state index in [1.165, 1.54) is 16.6 Å². The molecule has 5 nitrogen and oxygen atoms in total. The Morgan fingerprint density at radius 3 is 2.88 bits per heavy atom. The summed E-state index contributed by atoms with van der Waals surface area (Å²) in [4.78, 5) is 15.5. The van der Waals surface area contributed by atoms with Gasteiger partial charge in [0.15, 0.2) is 0 Å². The number of hydrogen-bond acceptors (Lipinski definition) is 3. The number of aryl methyl sites for hydroxylation is 1. The van der Waals surface area contributed by atoms with E-state index in [1.54, 1.807) is 0 Å². The topological polar surface area (TPSA) is 66.2 Å². The number of nitrogens with one attached hydrogen (secondary N) is 3. The van der Waals surface area contributed by atoms with Gasteiger partial charge in [-0.05, 0) is 70.3 Å². The van der Waals surface area contributed by atoms with Crippen molar-refractivity contribution in [1.82, 2.24) is 10.3 Å². The average Bonchev–Trinajstić information content (AvgIpc) is 2.83. The van der Waals surface area contributed by atoms with Gasteiger partial charge in [0.05, 0.1) is 0 Å². The van der Waals surface area contributed by atoms with Gasteiger partial charge in [-0.25, -0.2) is 4.79 Å². The van der Waals surface area contributed by atoms with Crippen LogP contribution in [0.5, 0.6) is 0 Å². The maximum Gasteiger partial charge on any atom is 0.412 e. The summed E-state index contributed by atoms with van der Waals surface area (Å²) >= 11 is 0. The zero-order valence-corrected chi connectivity index (χ0v) is 15.0. The maximum atomic E-state index is 12.0. The van der Waals surface area contributed by atoms with E-state index < -0.39 is 11.7 Å². The Morgan fingerprint density at radius 2 is 2.17 bits per heavy atom. The van der Waals surface area contributed by atoms with Crippen LogP contribution in [0.25, 0.3) is 10.9 Å². The molecule has 0 aliphatic heterocycles. The van der Waals surface area contributed by atoms with Crippen molar-refractivity contribution in [1.29, 1.82) is 0 Å². The third kappa shape index (κ3) is 3.73. The molecule has 5 heteroatoms. The summed E-state index contributed by atoms with van der Waals surface area (Å²) in [5.74, 6) is 0. The first kappa shape index (κ1) is 16.8. The lowest BCUT2D eigenvalue weighted by molar-refractivity contribution is 0.0636. The molecule has 2 aromatic rings. The Kier molecular flexibility index (Phi) is 4.54. The minimum Gasteiger partial charge on any atom is -0.444 e. The molecular weight excluding hydrogens is 302 g/mol. The van der Waals surface area contributed by atoms with E-state index in [1.807, 2.05) is 39.0 Å². The van der Waals surface area contributed by atoms with Crippen LogP contribution in [-0.2, 0) is 17.6 Å². The molecule has 0 saturated heterocycles. The standard InChI is InChI=1S/C19H27N3O2/c1-5-20-12-6-8-16-14(10-12)15-11-13(7-9-17(15)22-16)21-18(23)24-19(2,3)4/h7,9,11-12,20,22H,5-6,8,10H2,1-4H3,(H,21,23). The van der Waals surface area contributed by atoms with Gasteiger partial charge in [0.2, 0.25) is 0 Å². The fourth-order valence-electron chi connectivity index (χ4n) is 3.38. The molecule has 1 aromatic heterocycles. The average molecular weight is 329 g/mol. The molecule has 0 bridgehead atoms. The fraction of sp³-hybridized carbons (Fsp3) is 0.526. The molecule has 1 aliphatic rings. The molecular formula is C19H27N3O2. The van der Waals surface area contributed by atoms with Crippen LogP contribution in [0.2, 0.25) is 0 Å². The molecule has 0 spiro atoms. The van der Waals surface area contributed by atoms with E-state index in [-0.39, 0.29) is 0 Å². The number of fused-ring (bicyclic) bond motifs is 3. The lowest BCUT2D eigenvalue weighted by Gasteiger charge is -2.23. The van der Waals surface area contributed by atoms with Crippen molar-refractivity contribution in [3.8, 4) is 0 Å². The van der Waals surface area contributed by atoms with E-state index in [0.717, 1.165) is 37.0 Å². The molecule has 1 aliphatic carbocycles. The molecule has 1 amide bonds. The van der Waals surface area contributed by atoms with Crippen LogP contribution in [0.15, 0.2) is 18.2 Å². The molecule has 3 N–H and O–H groups in total. The number of aromatic nitrogens is 1. The van der Waals surface area contributed by atoms with Gasteiger partial charge in [-0.2, -0.15) is 0 Å². The van der Waals surface area contributed by atoms with Crippen LogP contribution in [0.4, 0.5) is 10.5 Å². The number of likely N-dealkylation sites (N-methyl/N-ethyl adjacent to an activating group) is 1. The Morgan fingerprint density at radius 1 is 1.38 bits per heavy atom. The van der Waals surface area contributed by atoms with Crippen molar-refractivity contribution in [2.75, 3.05) is 11.9 Å². The highest BCUT2D eigenvalue weighted by Crippen LogP contribution is 2.31. The van der Waals surface area contributed by atoms with Gasteiger partial charge < -0.3 is 15.0 Å². The third-order valence-electron chi connectivity index (χ3n) is 4.33. The molecule has 1 aromatic carbocycles. The predicted molar refractivity (Wildman–Crippen MR) is 97.6 cm³/mol. The van der Waals surface area contributed by atoms with Crippen LogP contribution < -0.4 is 10.6 Å². The SMILES string of the molecule is CCNC1CCc2[nH]c3ccc(NC(=O)OC(C)(C)C)cc3c2C1. The summed E-state index contributed by atoms with van der Waals surface area (Å²) in [5, 5.41) is 7.58. The first-order valence-corrected chi connectivity index (χ1v) is 8.72. The summed E-state index contributed by atoms with van der Waals surface area (Å²) in [7, 11) is 0. The van der Waals surface area contributed by atoms with Gasteiger partial charge in [0.25, 0.3) is 0 Å². The zero-order valence-electron chi connectivity index (χ0n) is 15.0. The zero-order chi connectivity index (χ0) is 17.3. The summed E-state index contributed by atoms with van der Waals surface area (Å²) in [5.41, 5.74) is 4.10. The third-order valence-corrected chi connectivity index (χ3v) is 4.33. The van der Waals surface area contributed by atoms with Crippen LogP contribution in [0.3, 0.4) is 0 Å². The molecule has 1 heterocycles. The van der Waals surface area contributed by atoms with E-state index in [9.17, 15) is 4.79 Å². The highest BCUT2D eigenvalue weighted by molar-refractivity contribution is 5.92. The number of rotatable bonds is 3. The fourth-order valence-corrected chi connectivity index (χ4v) is 3.38. The van der Waals surface area contributed by atoms with Gasteiger partial charge in [0.1, 0.15) is 5.60 Å². The second-order valence-electron chi connectivity index (χ2n) is 7.47. The number of benzene rings is 1. The number of amides is 1. The first-order valence-electron chi connectivity index (χ1n) is 8.72. The second-order valence-corrected chi connectivity index (χ2v) is 7.47. The smallest absolute Gasteiger partial charge is 0.412 e. The Balaban J connectivity index is 1.83. The molecule has 24 heavy (non-hydrogen) atoms. The number of anilines is 1. The molecule has 1 unspecified atom stereocenters. The second kappa shape index (κ2) is 6.48. The Labute approximate surface area is 143 Å². The van der Waals surface area contributed by atoms with Crippen molar-refractivity contribution in [3.63, 3.8) is 0 Å². The van der Waals surface area contributed by atoms with E-state index in [2.05, 4.69) is 22.5 Å². The van der Waals surface area contributed by atoms with Crippen molar-refractivity contribution in [2.45, 2.75) is 58.6 Å². The highest BCUT2D eigenvalue weighted by atomic mass is 16.6. The van der Waals surface area contributed by atoms with Crippen molar-refractivity contribution in [3.05, 3.63) is 29.5 Å². The normalized spacial score (nSPS) is 17.6. The predicted octanol–water partition coefficient (Wildman–Crippen LogP) is 3.98. The Bertz CT molecular complexity index is 743. The number of carbonyl (C=O) groups is 1. The van der Waals surface area contributed by atoms with Gasteiger partial charge >= 0.3 is 6.09 Å². The van der Waals surface area contributed by atoms with E-state index in [4.69, 9.17) is 4.74 Å². The lowest BCUT2D eigenvalue weighted by atomic mass is 9.91. The van der Waals surface area contributed by atoms with Gasteiger partial charge in [-0.3, -0.25) is 5.32 Å². The maximum absolute atomic E-state index is 12.0. The van der Waals surface area contributed by atoms with Crippen LogP contribution in [0, 0.1) is 0 Å². The van der Waals surface area contributed by atoms with Crippen LogP contribution >= 0.6 is 0 Å². The molecule has 0 radical (unpaired) electrons. The lowest BCUT2D eigenvalue weighted by Crippen LogP contribution is -2.34. The van der Waals surface area contributed by atoms with Gasteiger partial charge in [-0.1, -0.05) is 6.92 Å². The quantitative estimate of drug-likeness (QED) is 0.798. The van der Waals surface area contributed by atoms with Crippen molar-refractivity contribution >= 4 is 22.7 Å². The highest BCUT2D eigenvalue weighted by Gasteiger charge is 2.22. The molecule has 1 atom stereocenters. The largest absolute Gasteiger partial charge is 0.444 e. The number of H-pyrrole nitrogens is 1. The monoisotopic (exact) mass is 329 g/mol. The van der Waals surface area contributed by atoms with Crippen LogP contribution in [0.1, 0.15) is 45.4 Å². The number of hydrogen-bond donors (Lipinski definition) is 3. The summed E-state index contributed by atoms with van der Waals surface area (Å²) in [6, 6.07) is 6.52. The molecule has 0 fully saturated rings. The van der Waals surface area contributed by atoms with Gasteiger partial charge in [0, 0.05) is 28.3 Å². The first-order chi connectivity index (χ1) is 11.4. The summed E-state index contributed by atoms with van der Waals surface area (Å²) in [6.07, 6.45) is 2.84. The van der Waals surface area contributed by atoms with Crippen molar-refractivity contribution in [2.24, 2.45) is 0 Å². The molecule has 130 valence electrons. The minimum atomic E-state index is -0.500. The summed E-state index contributed by atoms with van der Waals surface area (Å²) in [6.45, 7) is 8.72. The molecule has 0 saturated carbocycles. The van der Waals surface area contributed by atoms with Crippen molar-refractivity contribution < 1.29 is 9.53 Å². The van der Waals surface area contributed by atoms with E-state index >= 15 is 0 Å². The Hall–Kier alpha value is -2.01. The number of carbonyl (C=O) groups excluding carboxylic acids is 1. The number of aromatic amines is 1. The van der Waals surface area contributed by atoms with Gasteiger partial charge in [-0.15, -0.1) is 0 Å². The summed E-state index contributed by atoms with van der Waals surface area (Å²) < 4.78 is 5.33. The molecule has 3 rings (SSSR count). The van der Waals surface area contributed by atoms with Crippen LogP contribution in [-0.4, -0.2) is 29.3 Å².